The fourth-order valence-electron chi connectivity index (χ4n) is 3.86. The van der Waals surface area contributed by atoms with Crippen LogP contribution < -0.4 is 0 Å². The number of esters is 1. The highest BCUT2D eigenvalue weighted by molar-refractivity contribution is 8.03. The molecule has 3 N–H and O–H groups in total. The molecular weight excluding hydrogens is 440 g/mol. The van der Waals surface area contributed by atoms with E-state index in [1.54, 1.807) is 17.8 Å². The second-order valence-corrected chi connectivity index (χ2v) is 10.8. The molecular formula is C26H44O6S. The van der Waals surface area contributed by atoms with Crippen LogP contribution in [0.1, 0.15) is 98.3 Å². The van der Waals surface area contributed by atoms with Crippen molar-refractivity contribution in [2.24, 2.45) is 11.3 Å². The first-order valence-corrected chi connectivity index (χ1v) is 13.4. The summed E-state index contributed by atoms with van der Waals surface area (Å²) in [7, 11) is 0. The summed E-state index contributed by atoms with van der Waals surface area (Å²) < 4.78 is 5.60. The Morgan fingerprint density at radius 3 is 2.48 bits per heavy atom. The average molecular weight is 485 g/mol. The van der Waals surface area contributed by atoms with Gasteiger partial charge in [-0.05, 0) is 36.9 Å². The van der Waals surface area contributed by atoms with Gasteiger partial charge >= 0.3 is 11.9 Å². The van der Waals surface area contributed by atoms with Crippen molar-refractivity contribution in [3.63, 3.8) is 0 Å². The van der Waals surface area contributed by atoms with Crippen LogP contribution in [0.4, 0.5) is 0 Å². The number of carboxylic acid groups (broad SMARTS) is 1. The minimum absolute atomic E-state index is 0.170. The number of hydrogen-bond donors (Lipinski definition) is 3. The summed E-state index contributed by atoms with van der Waals surface area (Å²) >= 11 is 1.56. The molecule has 0 spiro atoms. The first kappa shape index (κ1) is 29.7. The Hall–Kier alpha value is -1.31. The molecule has 0 aliphatic heterocycles. The molecule has 190 valence electrons. The molecule has 0 heterocycles. The molecule has 6 nitrogen and oxygen atoms in total. The van der Waals surface area contributed by atoms with Crippen LogP contribution in [-0.4, -0.2) is 45.2 Å². The molecule has 3 atom stereocenters. The van der Waals surface area contributed by atoms with Crippen LogP contribution in [0.2, 0.25) is 0 Å². The van der Waals surface area contributed by atoms with Gasteiger partial charge in [-0.15, -0.1) is 11.8 Å². The van der Waals surface area contributed by atoms with Crippen LogP contribution >= 0.6 is 11.8 Å². The van der Waals surface area contributed by atoms with Crippen molar-refractivity contribution in [1.82, 2.24) is 0 Å². The normalized spacial score (nSPS) is 19.9. The molecule has 0 unspecified atom stereocenters. The summed E-state index contributed by atoms with van der Waals surface area (Å²) in [5, 5.41) is 30.3. The van der Waals surface area contributed by atoms with Gasteiger partial charge < -0.3 is 20.1 Å². The van der Waals surface area contributed by atoms with Gasteiger partial charge in [0, 0.05) is 30.1 Å². The maximum Gasteiger partial charge on any atom is 0.310 e. The van der Waals surface area contributed by atoms with Gasteiger partial charge in [0.1, 0.15) is 5.76 Å². The van der Waals surface area contributed by atoms with Crippen molar-refractivity contribution in [2.75, 3.05) is 5.75 Å². The fraction of sp³-hybridized carbons (Fsp3) is 0.769. The highest BCUT2D eigenvalue weighted by Crippen LogP contribution is 2.42. The molecule has 0 aromatic carbocycles. The minimum atomic E-state index is -0.782. The van der Waals surface area contributed by atoms with E-state index < -0.39 is 18.2 Å². The third kappa shape index (κ3) is 11.1. The summed E-state index contributed by atoms with van der Waals surface area (Å²) in [5.74, 6) is -0.106. The third-order valence-electron chi connectivity index (χ3n) is 6.10. The van der Waals surface area contributed by atoms with E-state index in [1.165, 1.54) is 0 Å². The monoisotopic (exact) mass is 484 g/mol. The highest BCUT2D eigenvalue weighted by atomic mass is 32.2. The molecule has 0 radical (unpaired) electrons. The van der Waals surface area contributed by atoms with Gasteiger partial charge in [-0.1, -0.05) is 65.5 Å². The third-order valence-corrected chi connectivity index (χ3v) is 7.40. The number of thioether (sulfide) groups is 1. The minimum Gasteiger partial charge on any atom is -0.481 e. The number of ether oxygens (including phenoxy) is 1. The smallest absolute Gasteiger partial charge is 0.310 e. The first-order valence-electron chi connectivity index (χ1n) is 12.4. The number of hydrogen-bond acceptors (Lipinski definition) is 6. The zero-order valence-electron chi connectivity index (χ0n) is 20.8. The molecule has 1 aliphatic rings. The average Bonchev–Trinajstić information content (AvgIpc) is 3.02. The lowest BCUT2D eigenvalue weighted by Crippen LogP contribution is -2.28. The maximum atomic E-state index is 12.1. The summed E-state index contributed by atoms with van der Waals surface area (Å²) in [4.78, 5) is 23.6. The van der Waals surface area contributed by atoms with Crippen molar-refractivity contribution in [3.05, 3.63) is 22.8 Å². The number of rotatable bonds is 17. The van der Waals surface area contributed by atoms with E-state index in [0.29, 0.717) is 25.0 Å². The molecule has 0 aromatic heterocycles. The van der Waals surface area contributed by atoms with Crippen molar-refractivity contribution < 1.29 is 29.6 Å². The Morgan fingerprint density at radius 1 is 1.12 bits per heavy atom. The van der Waals surface area contributed by atoms with Crippen LogP contribution in [0, 0.1) is 11.3 Å². The molecule has 0 saturated heterocycles. The molecule has 0 aromatic rings. The molecule has 7 heteroatoms. The second-order valence-electron chi connectivity index (χ2n) is 9.64. The van der Waals surface area contributed by atoms with Crippen molar-refractivity contribution in [3.8, 4) is 0 Å². The van der Waals surface area contributed by atoms with Gasteiger partial charge in [-0.25, -0.2) is 0 Å². The van der Waals surface area contributed by atoms with Crippen molar-refractivity contribution in [2.45, 2.75) is 111 Å². The molecule has 0 saturated carbocycles. The van der Waals surface area contributed by atoms with Crippen molar-refractivity contribution in [1.29, 1.82) is 0 Å². The predicted octanol–water partition coefficient (Wildman–Crippen LogP) is 5.82. The van der Waals surface area contributed by atoms with Gasteiger partial charge in [-0.2, -0.15) is 0 Å². The number of carbonyl (C=O) groups is 2. The number of carboxylic acids is 1. The lowest BCUT2D eigenvalue weighted by atomic mass is 9.81. The van der Waals surface area contributed by atoms with Gasteiger partial charge in [0.25, 0.3) is 0 Å². The molecule has 0 bridgehead atoms. The maximum absolute atomic E-state index is 12.1. The Bertz CT molecular complexity index is 670. The van der Waals surface area contributed by atoms with Gasteiger partial charge in [0.15, 0.2) is 0 Å². The Morgan fingerprint density at radius 2 is 1.85 bits per heavy atom. The number of aliphatic hydroxyl groups is 2. The largest absolute Gasteiger partial charge is 0.481 e. The first-order chi connectivity index (χ1) is 15.6. The zero-order chi connectivity index (χ0) is 24.9. The van der Waals surface area contributed by atoms with E-state index in [1.807, 2.05) is 13.0 Å². The zero-order valence-corrected chi connectivity index (χ0v) is 21.7. The Labute approximate surface area is 203 Å². The topological polar surface area (TPSA) is 104 Å². The van der Waals surface area contributed by atoms with Gasteiger partial charge in [0.2, 0.25) is 0 Å². The molecule has 0 fully saturated rings. The molecule has 1 aliphatic carbocycles. The summed E-state index contributed by atoms with van der Waals surface area (Å²) in [5.41, 5.74) is -0.257. The van der Waals surface area contributed by atoms with Crippen LogP contribution in [0.25, 0.3) is 0 Å². The van der Waals surface area contributed by atoms with Gasteiger partial charge in [0.05, 0.1) is 12.2 Å². The molecule has 1 rings (SSSR count). The Kier molecular flexibility index (Phi) is 14.0. The van der Waals surface area contributed by atoms with E-state index in [-0.39, 0.29) is 30.1 Å². The number of carbonyl (C=O) groups excluding carboxylic acids is 1. The lowest BCUT2D eigenvalue weighted by Gasteiger charge is -2.29. The summed E-state index contributed by atoms with van der Waals surface area (Å²) in [6.07, 6.45) is 10.4. The number of aliphatic carboxylic acids is 1. The van der Waals surface area contributed by atoms with Crippen LogP contribution in [-0.2, 0) is 14.3 Å². The van der Waals surface area contributed by atoms with E-state index in [4.69, 9.17) is 9.84 Å². The standard InChI is InChI=1S/C26H44O6S/c1-5-7-10-16-26(3,4)22(28)15-14-19-20(27)18-21(32-24(31)12-6-2)25(19)33-17-11-8-9-13-23(29)30/h14-15,19-20,22,27-28H,5-13,16-18H2,1-4H3,(H,29,30)/t19-,20+,22-/m0/s1. The van der Waals surface area contributed by atoms with E-state index >= 15 is 0 Å². The second kappa shape index (κ2) is 15.6. The summed E-state index contributed by atoms with van der Waals surface area (Å²) in [6, 6.07) is 0. The fourth-order valence-corrected chi connectivity index (χ4v) is 5.14. The van der Waals surface area contributed by atoms with E-state index in [2.05, 4.69) is 20.8 Å². The number of unbranched alkanes of at least 4 members (excludes halogenated alkanes) is 4. The molecule has 0 amide bonds. The SMILES string of the molecule is CCCCCC(C)(C)[C@@H](O)C=C[C@@H]1C(SCCCCCC(=O)O)=C(OC(=O)CCC)C[C@H]1O. The molecule has 33 heavy (non-hydrogen) atoms. The lowest BCUT2D eigenvalue weighted by molar-refractivity contribution is -0.140. The van der Waals surface area contributed by atoms with E-state index in [0.717, 1.165) is 49.2 Å². The van der Waals surface area contributed by atoms with Crippen LogP contribution in [0.5, 0.6) is 0 Å². The van der Waals surface area contributed by atoms with Crippen molar-refractivity contribution >= 4 is 23.7 Å². The van der Waals surface area contributed by atoms with Crippen LogP contribution in [0.3, 0.4) is 0 Å². The van der Waals surface area contributed by atoms with Crippen LogP contribution in [0.15, 0.2) is 22.8 Å². The van der Waals surface area contributed by atoms with E-state index in [9.17, 15) is 19.8 Å². The van der Waals surface area contributed by atoms with Gasteiger partial charge in [-0.3, -0.25) is 9.59 Å². The number of aliphatic hydroxyl groups excluding tert-OH is 2. The quantitative estimate of drug-likeness (QED) is 0.136. The highest BCUT2D eigenvalue weighted by Gasteiger charge is 2.35. The Balaban J connectivity index is 2.87. The summed E-state index contributed by atoms with van der Waals surface area (Å²) in [6.45, 7) is 8.20. The predicted molar refractivity (Wildman–Crippen MR) is 134 cm³/mol.